The van der Waals surface area contributed by atoms with Gasteiger partial charge in [-0.15, -0.1) is 0 Å². The lowest BCUT2D eigenvalue weighted by Gasteiger charge is -2.01. The van der Waals surface area contributed by atoms with Crippen LogP contribution in [0.5, 0.6) is 0 Å². The highest BCUT2D eigenvalue weighted by molar-refractivity contribution is 5.06. The Labute approximate surface area is 117 Å². The van der Waals surface area contributed by atoms with Crippen LogP contribution in [0.15, 0.2) is 40.1 Å². The summed E-state index contributed by atoms with van der Waals surface area (Å²) in [6, 6.07) is 0. The second-order valence-electron chi connectivity index (χ2n) is 5.03. The van der Waals surface area contributed by atoms with Crippen molar-refractivity contribution < 1.29 is 0 Å². The molecule has 0 aromatic heterocycles. The number of allylic oxidation sites excluding steroid dienone is 5. The van der Waals surface area contributed by atoms with E-state index >= 15 is 0 Å². The minimum absolute atomic E-state index is 0.486. The van der Waals surface area contributed by atoms with Gasteiger partial charge in [0.25, 0.3) is 0 Å². The molecule has 0 saturated carbocycles. The van der Waals surface area contributed by atoms with E-state index in [2.05, 4.69) is 49.0 Å². The van der Waals surface area contributed by atoms with Crippen molar-refractivity contribution in [2.75, 3.05) is 6.54 Å². The van der Waals surface area contributed by atoms with Crippen LogP contribution in [0.3, 0.4) is 0 Å². The van der Waals surface area contributed by atoms with Crippen molar-refractivity contribution in [3.63, 3.8) is 0 Å². The molecule has 0 bridgehead atoms. The number of nitrogens with zero attached hydrogens (tertiary/aromatic N) is 3. The standard InChI is InChI=1S/C16H27N3/c1-5-8-14(2)9-6-10-15(3)11-7-12-16(4)13-18-19-17/h8,10,12H,5-7,9,11,13H2,1-4H3/b14-8+,15-10+,16-12+. The van der Waals surface area contributed by atoms with Crippen LogP contribution in [0, 0.1) is 0 Å². The molecule has 0 aliphatic rings. The summed E-state index contributed by atoms with van der Waals surface area (Å²) in [5, 5.41) is 3.55. The molecule has 0 rings (SSSR count). The average molecular weight is 261 g/mol. The van der Waals surface area contributed by atoms with Gasteiger partial charge in [0.1, 0.15) is 0 Å². The van der Waals surface area contributed by atoms with E-state index in [4.69, 9.17) is 5.53 Å². The molecule has 19 heavy (non-hydrogen) atoms. The molecule has 0 unspecified atom stereocenters. The molecule has 106 valence electrons. The Balaban J connectivity index is 3.94. The van der Waals surface area contributed by atoms with Crippen molar-refractivity contribution >= 4 is 0 Å². The van der Waals surface area contributed by atoms with Gasteiger partial charge in [-0.1, -0.05) is 47.0 Å². The first-order chi connectivity index (χ1) is 9.10. The highest BCUT2D eigenvalue weighted by Crippen LogP contribution is 2.11. The third-order valence-electron chi connectivity index (χ3n) is 3.00. The number of rotatable bonds is 9. The van der Waals surface area contributed by atoms with Gasteiger partial charge in [0.2, 0.25) is 0 Å². The zero-order valence-electron chi connectivity index (χ0n) is 12.8. The van der Waals surface area contributed by atoms with E-state index in [-0.39, 0.29) is 0 Å². The summed E-state index contributed by atoms with van der Waals surface area (Å²) in [5.74, 6) is 0. The summed E-state index contributed by atoms with van der Waals surface area (Å²) in [4.78, 5) is 2.76. The van der Waals surface area contributed by atoms with Crippen LogP contribution in [-0.4, -0.2) is 6.54 Å². The van der Waals surface area contributed by atoms with Gasteiger partial charge in [-0.05, 0) is 58.4 Å². The van der Waals surface area contributed by atoms with Crippen molar-refractivity contribution in [2.45, 2.75) is 59.8 Å². The Bertz CT molecular complexity index is 383. The van der Waals surface area contributed by atoms with E-state index in [1.165, 1.54) is 11.1 Å². The summed E-state index contributed by atoms with van der Waals surface area (Å²) in [7, 11) is 0. The molecular formula is C16H27N3. The molecule has 3 nitrogen and oxygen atoms in total. The van der Waals surface area contributed by atoms with Gasteiger partial charge in [0, 0.05) is 11.5 Å². The van der Waals surface area contributed by atoms with Crippen LogP contribution >= 0.6 is 0 Å². The van der Waals surface area contributed by atoms with Gasteiger partial charge in [0.05, 0.1) is 0 Å². The molecule has 0 aliphatic heterocycles. The lowest BCUT2D eigenvalue weighted by atomic mass is 10.1. The van der Waals surface area contributed by atoms with E-state index in [0.717, 1.165) is 37.7 Å². The molecule has 0 fully saturated rings. The van der Waals surface area contributed by atoms with Gasteiger partial charge in [-0.3, -0.25) is 0 Å². The van der Waals surface area contributed by atoms with E-state index < -0.39 is 0 Å². The van der Waals surface area contributed by atoms with E-state index in [0.29, 0.717) is 6.54 Å². The van der Waals surface area contributed by atoms with Gasteiger partial charge < -0.3 is 0 Å². The maximum atomic E-state index is 8.23. The highest BCUT2D eigenvalue weighted by atomic mass is 15.1. The highest BCUT2D eigenvalue weighted by Gasteiger charge is 1.92. The van der Waals surface area contributed by atoms with Crippen LogP contribution in [0.4, 0.5) is 0 Å². The first-order valence-corrected chi connectivity index (χ1v) is 7.07. The topological polar surface area (TPSA) is 48.8 Å². The Morgan fingerprint density at radius 3 is 2.00 bits per heavy atom. The van der Waals surface area contributed by atoms with Crippen molar-refractivity contribution in [3.8, 4) is 0 Å². The molecule has 0 radical (unpaired) electrons. The van der Waals surface area contributed by atoms with Crippen molar-refractivity contribution in [3.05, 3.63) is 45.4 Å². The lowest BCUT2D eigenvalue weighted by molar-refractivity contribution is 0.910. The summed E-state index contributed by atoms with van der Waals surface area (Å²) >= 11 is 0. The van der Waals surface area contributed by atoms with Gasteiger partial charge in [-0.2, -0.15) is 0 Å². The fourth-order valence-electron chi connectivity index (χ4n) is 1.85. The molecule has 0 aliphatic carbocycles. The largest absolute Gasteiger partial charge is 0.0896 e. The predicted octanol–water partition coefficient (Wildman–Crippen LogP) is 6.11. The number of hydrogen-bond acceptors (Lipinski definition) is 1. The molecule has 0 atom stereocenters. The smallest absolute Gasteiger partial charge is 0.0467 e. The van der Waals surface area contributed by atoms with E-state index in [1.807, 2.05) is 6.92 Å². The quantitative estimate of drug-likeness (QED) is 0.208. The van der Waals surface area contributed by atoms with Gasteiger partial charge >= 0.3 is 0 Å². The van der Waals surface area contributed by atoms with Gasteiger partial charge in [0.15, 0.2) is 0 Å². The second kappa shape index (κ2) is 11.6. The molecular weight excluding hydrogens is 234 g/mol. The van der Waals surface area contributed by atoms with Crippen molar-refractivity contribution in [2.24, 2.45) is 5.11 Å². The fourth-order valence-corrected chi connectivity index (χ4v) is 1.85. The molecule has 0 spiro atoms. The molecule has 3 heteroatoms. The normalized spacial score (nSPS) is 13.4. The Hall–Kier alpha value is -1.47. The number of azide groups is 1. The fraction of sp³-hybridized carbons (Fsp3) is 0.625. The molecule has 0 saturated heterocycles. The third kappa shape index (κ3) is 11.4. The van der Waals surface area contributed by atoms with E-state index in [1.54, 1.807) is 0 Å². The SMILES string of the molecule is CC/C=C(\C)CC/C=C(\C)CC/C=C(\C)CN=[N+]=[N-]. The minimum atomic E-state index is 0.486. The second-order valence-corrected chi connectivity index (χ2v) is 5.03. The van der Waals surface area contributed by atoms with Crippen molar-refractivity contribution in [1.29, 1.82) is 0 Å². The number of hydrogen-bond donors (Lipinski definition) is 0. The average Bonchev–Trinajstić information content (AvgIpc) is 2.36. The summed E-state index contributed by atoms with van der Waals surface area (Å²) in [6.07, 6.45) is 12.3. The zero-order chi connectivity index (χ0) is 14.5. The molecule has 0 amide bonds. The summed E-state index contributed by atoms with van der Waals surface area (Å²) < 4.78 is 0. The maximum absolute atomic E-state index is 8.23. The van der Waals surface area contributed by atoms with Crippen LogP contribution in [0.2, 0.25) is 0 Å². The first-order valence-electron chi connectivity index (χ1n) is 7.07. The molecule has 0 aromatic carbocycles. The third-order valence-corrected chi connectivity index (χ3v) is 3.00. The summed E-state index contributed by atoms with van der Waals surface area (Å²) in [5.41, 5.74) is 12.3. The van der Waals surface area contributed by atoms with Crippen LogP contribution in [0.1, 0.15) is 59.8 Å². The van der Waals surface area contributed by atoms with Crippen LogP contribution in [-0.2, 0) is 0 Å². The lowest BCUT2D eigenvalue weighted by Crippen LogP contribution is -1.83. The summed E-state index contributed by atoms with van der Waals surface area (Å²) in [6.45, 7) is 9.06. The van der Waals surface area contributed by atoms with Crippen molar-refractivity contribution in [1.82, 2.24) is 0 Å². The minimum Gasteiger partial charge on any atom is -0.0896 e. The van der Waals surface area contributed by atoms with E-state index in [9.17, 15) is 0 Å². The first kappa shape index (κ1) is 17.5. The maximum Gasteiger partial charge on any atom is 0.0467 e. The zero-order valence-corrected chi connectivity index (χ0v) is 12.8. The molecule has 0 N–H and O–H groups in total. The Morgan fingerprint density at radius 1 is 0.947 bits per heavy atom. The molecule has 0 aromatic rings. The monoisotopic (exact) mass is 261 g/mol. The molecule has 0 heterocycles. The Kier molecular flexibility index (Phi) is 10.7. The van der Waals surface area contributed by atoms with Crippen LogP contribution in [0.25, 0.3) is 10.4 Å². The Morgan fingerprint density at radius 2 is 1.47 bits per heavy atom. The predicted molar refractivity (Wildman–Crippen MR) is 84.0 cm³/mol. The van der Waals surface area contributed by atoms with Crippen LogP contribution < -0.4 is 0 Å². The van der Waals surface area contributed by atoms with Gasteiger partial charge in [-0.25, -0.2) is 0 Å².